The van der Waals surface area contributed by atoms with E-state index in [0.717, 1.165) is 18.2 Å². The summed E-state index contributed by atoms with van der Waals surface area (Å²) in [4.78, 5) is 1.95. The number of likely N-dealkylation sites (tertiary alicyclic amines) is 1. The Morgan fingerprint density at radius 3 is 2.61 bits per heavy atom. The maximum absolute atomic E-state index is 13.5. The van der Waals surface area contributed by atoms with E-state index in [0.29, 0.717) is 25.9 Å². The number of hydrogen-bond acceptors (Lipinski definition) is 3. The number of halogens is 2. The second-order valence-corrected chi connectivity index (χ2v) is 4.71. The molecule has 0 radical (unpaired) electrons. The molecule has 100 valence electrons. The highest BCUT2D eigenvalue weighted by Gasteiger charge is 2.21. The zero-order chi connectivity index (χ0) is 13.1. The van der Waals surface area contributed by atoms with Crippen LogP contribution in [0.15, 0.2) is 18.2 Å². The lowest BCUT2D eigenvalue weighted by atomic mass is 10.0. The number of aliphatic hydroxyl groups excluding tert-OH is 2. The summed E-state index contributed by atoms with van der Waals surface area (Å²) in [5.41, 5.74) is -0.0129. The third kappa shape index (κ3) is 3.25. The molecule has 1 aromatic carbocycles. The lowest BCUT2D eigenvalue weighted by Gasteiger charge is -2.31. The van der Waals surface area contributed by atoms with Crippen molar-refractivity contribution in [2.75, 3.05) is 19.6 Å². The van der Waals surface area contributed by atoms with E-state index in [9.17, 15) is 19.0 Å². The molecule has 0 spiro atoms. The molecule has 0 saturated carbocycles. The first-order valence-electron chi connectivity index (χ1n) is 6.09. The molecule has 0 aliphatic carbocycles. The van der Waals surface area contributed by atoms with E-state index in [1.54, 1.807) is 0 Å². The Balaban J connectivity index is 1.98. The van der Waals surface area contributed by atoms with Gasteiger partial charge in [0.1, 0.15) is 11.6 Å². The van der Waals surface area contributed by atoms with Crippen LogP contribution in [0, 0.1) is 11.6 Å². The fraction of sp³-hybridized carbons (Fsp3) is 0.538. The molecular formula is C13H17F2NO2. The molecule has 1 atom stereocenters. The van der Waals surface area contributed by atoms with Gasteiger partial charge in [0.25, 0.3) is 0 Å². The molecule has 1 aliphatic rings. The monoisotopic (exact) mass is 257 g/mol. The maximum atomic E-state index is 13.5. The van der Waals surface area contributed by atoms with Gasteiger partial charge in [0, 0.05) is 25.2 Å². The van der Waals surface area contributed by atoms with Gasteiger partial charge in [-0.15, -0.1) is 0 Å². The van der Waals surface area contributed by atoms with Gasteiger partial charge in [-0.05, 0) is 31.0 Å². The minimum Gasteiger partial charge on any atom is -0.393 e. The largest absolute Gasteiger partial charge is 0.393 e. The molecule has 1 aliphatic heterocycles. The minimum atomic E-state index is -1.05. The molecular weight excluding hydrogens is 240 g/mol. The van der Waals surface area contributed by atoms with Crippen molar-refractivity contribution in [2.45, 2.75) is 25.0 Å². The maximum Gasteiger partial charge on any atom is 0.129 e. The van der Waals surface area contributed by atoms with E-state index in [1.165, 1.54) is 0 Å². The predicted octanol–water partition coefficient (Wildman–Crippen LogP) is 1.45. The van der Waals surface area contributed by atoms with Gasteiger partial charge in [-0.1, -0.05) is 0 Å². The van der Waals surface area contributed by atoms with Crippen molar-refractivity contribution in [1.29, 1.82) is 0 Å². The zero-order valence-corrected chi connectivity index (χ0v) is 10.0. The van der Waals surface area contributed by atoms with Crippen LogP contribution in [0.5, 0.6) is 0 Å². The topological polar surface area (TPSA) is 43.7 Å². The van der Waals surface area contributed by atoms with Gasteiger partial charge in [-0.2, -0.15) is 0 Å². The van der Waals surface area contributed by atoms with Crippen molar-refractivity contribution in [3.63, 3.8) is 0 Å². The minimum absolute atomic E-state index is 0.0129. The van der Waals surface area contributed by atoms with Gasteiger partial charge in [0.05, 0.1) is 12.2 Å². The van der Waals surface area contributed by atoms with Crippen LogP contribution in [0.1, 0.15) is 24.5 Å². The summed E-state index contributed by atoms with van der Waals surface area (Å²) in [7, 11) is 0. The van der Waals surface area contributed by atoms with Gasteiger partial charge in [0.15, 0.2) is 0 Å². The van der Waals surface area contributed by atoms with Crippen LogP contribution in [0.3, 0.4) is 0 Å². The zero-order valence-electron chi connectivity index (χ0n) is 10.0. The van der Waals surface area contributed by atoms with E-state index < -0.39 is 17.7 Å². The lowest BCUT2D eigenvalue weighted by Crippen LogP contribution is -2.38. The molecule has 0 bridgehead atoms. The summed E-state index contributed by atoms with van der Waals surface area (Å²) >= 11 is 0. The molecule has 1 fully saturated rings. The number of benzene rings is 1. The van der Waals surface area contributed by atoms with E-state index in [1.807, 2.05) is 4.90 Å². The summed E-state index contributed by atoms with van der Waals surface area (Å²) in [6.45, 7) is 1.58. The number of β-amino-alcohol motifs (C(OH)–C–C–N with tert-alkyl or cyclic N) is 1. The van der Waals surface area contributed by atoms with Gasteiger partial charge in [0.2, 0.25) is 0 Å². The number of rotatable bonds is 3. The molecule has 0 amide bonds. The quantitative estimate of drug-likeness (QED) is 0.861. The number of piperidine rings is 1. The van der Waals surface area contributed by atoms with Crippen molar-refractivity contribution < 1.29 is 19.0 Å². The summed E-state index contributed by atoms with van der Waals surface area (Å²) in [6, 6.07) is 3.08. The summed E-state index contributed by atoms with van der Waals surface area (Å²) in [5, 5.41) is 19.3. The molecule has 1 aromatic rings. The standard InChI is InChI=1S/C13H17F2NO2/c14-9-1-2-12(15)11(7-9)13(18)8-16-5-3-10(17)4-6-16/h1-2,7,10,13,17-18H,3-6,8H2. The third-order valence-corrected chi connectivity index (χ3v) is 3.31. The van der Waals surface area contributed by atoms with Crippen LogP contribution in [-0.4, -0.2) is 40.9 Å². The van der Waals surface area contributed by atoms with Crippen molar-refractivity contribution in [3.8, 4) is 0 Å². The van der Waals surface area contributed by atoms with Crippen LogP contribution in [0.2, 0.25) is 0 Å². The number of aliphatic hydroxyl groups is 2. The Morgan fingerprint density at radius 2 is 1.94 bits per heavy atom. The highest BCUT2D eigenvalue weighted by molar-refractivity contribution is 5.21. The smallest absolute Gasteiger partial charge is 0.129 e. The van der Waals surface area contributed by atoms with Crippen LogP contribution in [0.4, 0.5) is 8.78 Å². The van der Waals surface area contributed by atoms with E-state index in [-0.39, 0.29) is 18.2 Å². The molecule has 2 rings (SSSR count). The van der Waals surface area contributed by atoms with E-state index in [2.05, 4.69) is 0 Å². The van der Waals surface area contributed by atoms with E-state index in [4.69, 9.17) is 0 Å². The lowest BCUT2D eigenvalue weighted by molar-refractivity contribution is 0.0497. The van der Waals surface area contributed by atoms with E-state index >= 15 is 0 Å². The Kier molecular flexibility index (Phi) is 4.27. The predicted molar refractivity (Wildman–Crippen MR) is 63.0 cm³/mol. The average molecular weight is 257 g/mol. The highest BCUT2D eigenvalue weighted by atomic mass is 19.1. The summed E-state index contributed by atoms with van der Waals surface area (Å²) in [5.74, 6) is -1.15. The van der Waals surface area contributed by atoms with Crippen molar-refractivity contribution in [1.82, 2.24) is 4.90 Å². The molecule has 1 unspecified atom stereocenters. The molecule has 3 nitrogen and oxygen atoms in total. The Morgan fingerprint density at radius 1 is 1.28 bits per heavy atom. The fourth-order valence-corrected chi connectivity index (χ4v) is 2.21. The fourth-order valence-electron chi connectivity index (χ4n) is 2.21. The van der Waals surface area contributed by atoms with Gasteiger partial charge >= 0.3 is 0 Å². The Bertz CT molecular complexity index is 406. The average Bonchev–Trinajstić information content (AvgIpc) is 2.35. The van der Waals surface area contributed by atoms with Gasteiger partial charge in [-0.3, -0.25) is 0 Å². The first kappa shape index (κ1) is 13.4. The van der Waals surface area contributed by atoms with Gasteiger partial charge in [-0.25, -0.2) is 8.78 Å². The number of hydrogen-bond donors (Lipinski definition) is 2. The molecule has 1 saturated heterocycles. The van der Waals surface area contributed by atoms with Crippen LogP contribution < -0.4 is 0 Å². The molecule has 5 heteroatoms. The van der Waals surface area contributed by atoms with Crippen LogP contribution in [-0.2, 0) is 0 Å². The summed E-state index contributed by atoms with van der Waals surface area (Å²) in [6.07, 6.45) is -0.0308. The normalized spacial score (nSPS) is 20.0. The highest BCUT2D eigenvalue weighted by Crippen LogP contribution is 2.21. The molecule has 18 heavy (non-hydrogen) atoms. The summed E-state index contributed by atoms with van der Waals surface area (Å²) < 4.78 is 26.5. The first-order chi connectivity index (χ1) is 8.56. The SMILES string of the molecule is OC1CCN(CC(O)c2cc(F)ccc2F)CC1. The Hall–Kier alpha value is -1.04. The van der Waals surface area contributed by atoms with Gasteiger partial charge < -0.3 is 15.1 Å². The van der Waals surface area contributed by atoms with Crippen LogP contribution in [0.25, 0.3) is 0 Å². The molecule has 0 aromatic heterocycles. The molecule has 1 heterocycles. The van der Waals surface area contributed by atoms with Crippen molar-refractivity contribution in [2.24, 2.45) is 0 Å². The third-order valence-electron chi connectivity index (χ3n) is 3.31. The second kappa shape index (κ2) is 5.73. The Labute approximate surface area is 105 Å². The van der Waals surface area contributed by atoms with Crippen molar-refractivity contribution >= 4 is 0 Å². The van der Waals surface area contributed by atoms with Crippen molar-refractivity contribution in [3.05, 3.63) is 35.4 Å². The van der Waals surface area contributed by atoms with Crippen LogP contribution >= 0.6 is 0 Å². The first-order valence-corrected chi connectivity index (χ1v) is 6.09. The second-order valence-electron chi connectivity index (χ2n) is 4.71. The molecule has 2 N–H and O–H groups in total. The number of nitrogens with zero attached hydrogens (tertiary/aromatic N) is 1.